The Morgan fingerprint density at radius 3 is 3.06 bits per heavy atom. The van der Waals surface area contributed by atoms with Gasteiger partial charge in [0.15, 0.2) is 0 Å². The van der Waals surface area contributed by atoms with Gasteiger partial charge in [0.1, 0.15) is 0 Å². The van der Waals surface area contributed by atoms with Crippen LogP contribution in [0.5, 0.6) is 0 Å². The molecular formula is C12H24N2O2. The fourth-order valence-electron chi connectivity index (χ4n) is 2.89. The van der Waals surface area contributed by atoms with Crippen molar-refractivity contribution in [2.75, 3.05) is 39.9 Å². The van der Waals surface area contributed by atoms with Crippen molar-refractivity contribution in [3.63, 3.8) is 0 Å². The highest BCUT2D eigenvalue weighted by molar-refractivity contribution is 4.83. The van der Waals surface area contributed by atoms with Crippen molar-refractivity contribution < 1.29 is 9.84 Å². The van der Waals surface area contributed by atoms with Gasteiger partial charge in [-0.1, -0.05) is 0 Å². The highest BCUT2D eigenvalue weighted by Gasteiger charge is 2.28. The molecule has 0 spiro atoms. The molecule has 2 saturated heterocycles. The molecule has 0 radical (unpaired) electrons. The van der Waals surface area contributed by atoms with Crippen LogP contribution in [0.15, 0.2) is 0 Å². The summed E-state index contributed by atoms with van der Waals surface area (Å²) < 4.78 is 5.55. The standard InChI is InChI=1S/C12H24N2O2/c1-13-12-4-6-16-9-10(12)7-14-5-2-3-11(15)8-14/h10-13,15H,2-9H2,1H3. The Hall–Kier alpha value is -0.160. The SMILES string of the molecule is CNC1CCOCC1CN1CCCC(O)C1. The molecule has 0 aromatic carbocycles. The molecule has 3 atom stereocenters. The second-order valence-electron chi connectivity index (χ2n) is 5.07. The van der Waals surface area contributed by atoms with Crippen molar-refractivity contribution in [1.29, 1.82) is 0 Å². The fraction of sp³-hybridized carbons (Fsp3) is 1.00. The normalized spacial score (nSPS) is 37.5. The van der Waals surface area contributed by atoms with Gasteiger partial charge in [0.2, 0.25) is 0 Å². The van der Waals surface area contributed by atoms with Crippen LogP contribution >= 0.6 is 0 Å². The summed E-state index contributed by atoms with van der Waals surface area (Å²) >= 11 is 0. The minimum Gasteiger partial charge on any atom is -0.392 e. The Kier molecular flexibility index (Phi) is 4.58. The number of hydrogen-bond donors (Lipinski definition) is 2. The maximum Gasteiger partial charge on any atom is 0.0667 e. The van der Waals surface area contributed by atoms with Gasteiger partial charge in [-0.05, 0) is 32.9 Å². The maximum absolute atomic E-state index is 9.64. The zero-order chi connectivity index (χ0) is 11.4. The monoisotopic (exact) mass is 228 g/mol. The number of ether oxygens (including phenoxy) is 1. The minimum atomic E-state index is -0.119. The number of β-amino-alcohol motifs (C(OH)–C–C–N with tert-alkyl or cyclic N) is 1. The Morgan fingerprint density at radius 2 is 2.31 bits per heavy atom. The van der Waals surface area contributed by atoms with Crippen LogP contribution in [0.4, 0.5) is 0 Å². The van der Waals surface area contributed by atoms with E-state index < -0.39 is 0 Å². The van der Waals surface area contributed by atoms with E-state index in [1.807, 2.05) is 7.05 Å². The Morgan fingerprint density at radius 1 is 1.44 bits per heavy atom. The van der Waals surface area contributed by atoms with Crippen LogP contribution < -0.4 is 5.32 Å². The highest BCUT2D eigenvalue weighted by Crippen LogP contribution is 2.18. The number of aliphatic hydroxyl groups is 1. The van der Waals surface area contributed by atoms with Gasteiger partial charge in [-0.25, -0.2) is 0 Å². The molecule has 2 heterocycles. The van der Waals surface area contributed by atoms with Gasteiger partial charge in [-0.3, -0.25) is 0 Å². The summed E-state index contributed by atoms with van der Waals surface area (Å²) in [4.78, 5) is 2.39. The van der Waals surface area contributed by atoms with Crippen molar-refractivity contribution in [1.82, 2.24) is 10.2 Å². The first kappa shape index (κ1) is 12.3. The zero-order valence-corrected chi connectivity index (χ0v) is 10.2. The fourth-order valence-corrected chi connectivity index (χ4v) is 2.89. The average Bonchev–Trinajstić information content (AvgIpc) is 2.30. The smallest absolute Gasteiger partial charge is 0.0667 e. The topological polar surface area (TPSA) is 44.7 Å². The molecule has 2 N–H and O–H groups in total. The molecule has 0 bridgehead atoms. The van der Waals surface area contributed by atoms with Gasteiger partial charge in [0, 0.05) is 31.7 Å². The molecule has 2 aliphatic heterocycles. The average molecular weight is 228 g/mol. The second kappa shape index (κ2) is 5.96. The molecule has 2 rings (SSSR count). The molecule has 0 aliphatic carbocycles. The number of aliphatic hydroxyl groups excluding tert-OH is 1. The lowest BCUT2D eigenvalue weighted by Gasteiger charge is -2.37. The molecule has 0 saturated carbocycles. The van der Waals surface area contributed by atoms with E-state index in [0.717, 1.165) is 52.1 Å². The molecule has 4 nitrogen and oxygen atoms in total. The summed E-state index contributed by atoms with van der Waals surface area (Å²) in [6.45, 7) is 4.77. The van der Waals surface area contributed by atoms with Crippen molar-refractivity contribution in [3.05, 3.63) is 0 Å². The molecular weight excluding hydrogens is 204 g/mol. The summed E-state index contributed by atoms with van der Waals surface area (Å²) in [5, 5.41) is 13.0. The number of nitrogens with one attached hydrogen (secondary N) is 1. The molecule has 0 amide bonds. The van der Waals surface area contributed by atoms with Crippen LogP contribution in [0.25, 0.3) is 0 Å². The summed E-state index contributed by atoms with van der Waals surface area (Å²) in [7, 11) is 2.04. The lowest BCUT2D eigenvalue weighted by atomic mass is 9.94. The van der Waals surface area contributed by atoms with Gasteiger partial charge in [0.05, 0.1) is 12.7 Å². The lowest BCUT2D eigenvalue weighted by Crippen LogP contribution is -2.49. The molecule has 2 fully saturated rings. The van der Waals surface area contributed by atoms with Crippen LogP contribution in [0.3, 0.4) is 0 Å². The van der Waals surface area contributed by atoms with E-state index in [-0.39, 0.29) is 6.10 Å². The van der Waals surface area contributed by atoms with Gasteiger partial charge in [-0.15, -0.1) is 0 Å². The molecule has 4 heteroatoms. The third-order valence-corrected chi connectivity index (χ3v) is 3.82. The van der Waals surface area contributed by atoms with Crippen LogP contribution in [0, 0.1) is 5.92 Å². The van der Waals surface area contributed by atoms with E-state index in [0.29, 0.717) is 12.0 Å². The predicted molar refractivity (Wildman–Crippen MR) is 63.5 cm³/mol. The first-order valence-corrected chi connectivity index (χ1v) is 6.45. The number of nitrogens with zero attached hydrogens (tertiary/aromatic N) is 1. The molecule has 2 aliphatic rings. The number of piperidine rings is 1. The Balaban J connectivity index is 1.82. The van der Waals surface area contributed by atoms with E-state index in [1.54, 1.807) is 0 Å². The van der Waals surface area contributed by atoms with E-state index >= 15 is 0 Å². The van der Waals surface area contributed by atoms with E-state index in [9.17, 15) is 5.11 Å². The van der Waals surface area contributed by atoms with E-state index in [1.165, 1.54) is 0 Å². The van der Waals surface area contributed by atoms with Gasteiger partial charge >= 0.3 is 0 Å². The summed E-state index contributed by atoms with van der Waals surface area (Å²) in [6.07, 6.45) is 3.08. The minimum absolute atomic E-state index is 0.119. The van der Waals surface area contributed by atoms with Crippen molar-refractivity contribution in [3.8, 4) is 0 Å². The molecule has 16 heavy (non-hydrogen) atoms. The summed E-state index contributed by atoms with van der Waals surface area (Å²) in [5.74, 6) is 0.573. The predicted octanol–water partition coefficient (Wildman–Crippen LogP) is 0.0676. The van der Waals surface area contributed by atoms with Crippen LogP contribution in [-0.4, -0.2) is 62.0 Å². The lowest BCUT2D eigenvalue weighted by molar-refractivity contribution is 0.00143. The highest BCUT2D eigenvalue weighted by atomic mass is 16.5. The van der Waals surface area contributed by atoms with Gasteiger partial charge in [0.25, 0.3) is 0 Å². The van der Waals surface area contributed by atoms with Crippen LogP contribution in [0.1, 0.15) is 19.3 Å². The largest absolute Gasteiger partial charge is 0.392 e. The third-order valence-electron chi connectivity index (χ3n) is 3.82. The third kappa shape index (κ3) is 3.17. The molecule has 3 unspecified atom stereocenters. The Bertz CT molecular complexity index is 213. The van der Waals surface area contributed by atoms with Gasteiger partial charge in [-0.2, -0.15) is 0 Å². The van der Waals surface area contributed by atoms with Crippen molar-refractivity contribution in [2.45, 2.75) is 31.4 Å². The molecule has 0 aromatic heterocycles. The molecule has 94 valence electrons. The van der Waals surface area contributed by atoms with E-state index in [2.05, 4.69) is 10.2 Å². The summed E-state index contributed by atoms with van der Waals surface area (Å²) in [6, 6.07) is 0.577. The number of likely N-dealkylation sites (tertiary alicyclic amines) is 1. The zero-order valence-electron chi connectivity index (χ0n) is 10.2. The Labute approximate surface area is 98.0 Å². The van der Waals surface area contributed by atoms with Gasteiger partial charge < -0.3 is 20.1 Å². The van der Waals surface area contributed by atoms with Crippen LogP contribution in [-0.2, 0) is 4.74 Å². The first-order valence-electron chi connectivity index (χ1n) is 6.45. The number of rotatable bonds is 3. The van der Waals surface area contributed by atoms with E-state index in [4.69, 9.17) is 4.74 Å². The second-order valence-corrected chi connectivity index (χ2v) is 5.07. The quantitative estimate of drug-likeness (QED) is 0.717. The summed E-state index contributed by atoms with van der Waals surface area (Å²) in [5.41, 5.74) is 0. The van der Waals surface area contributed by atoms with Crippen molar-refractivity contribution >= 4 is 0 Å². The van der Waals surface area contributed by atoms with Crippen molar-refractivity contribution in [2.24, 2.45) is 5.92 Å². The maximum atomic E-state index is 9.64. The molecule has 0 aromatic rings. The first-order chi connectivity index (χ1) is 7.79. The number of hydrogen-bond acceptors (Lipinski definition) is 4. The van der Waals surface area contributed by atoms with Crippen LogP contribution in [0.2, 0.25) is 0 Å².